The van der Waals surface area contributed by atoms with E-state index in [1.807, 2.05) is 48.5 Å². The Morgan fingerprint density at radius 3 is 2.56 bits per heavy atom. The zero-order chi connectivity index (χ0) is 19.2. The summed E-state index contributed by atoms with van der Waals surface area (Å²) >= 11 is 1.31. The largest absolute Gasteiger partial charge is 0.495 e. The molecule has 1 heterocycles. The monoisotopic (exact) mass is 401 g/mol. The minimum Gasteiger partial charge on any atom is -0.495 e. The van der Waals surface area contributed by atoms with Crippen LogP contribution in [0.4, 0.5) is 0 Å². The SMILES string of the molecule is CCOC(=O)c1c(CS(=O)c2ccccc2)ccc(-c2ccns2)c1OC. The van der Waals surface area contributed by atoms with Crippen LogP contribution < -0.4 is 4.74 Å². The Hall–Kier alpha value is -2.51. The third-order valence-corrected chi connectivity index (χ3v) is 6.07. The Morgan fingerprint density at radius 1 is 1.15 bits per heavy atom. The van der Waals surface area contributed by atoms with E-state index in [1.54, 1.807) is 13.1 Å². The number of nitrogens with zero attached hydrogens (tertiary/aromatic N) is 1. The van der Waals surface area contributed by atoms with Gasteiger partial charge in [-0.1, -0.05) is 24.3 Å². The fraction of sp³-hybridized carbons (Fsp3) is 0.200. The minimum atomic E-state index is -1.29. The fourth-order valence-corrected chi connectivity index (χ4v) is 4.49. The first kappa shape index (κ1) is 19.3. The molecule has 0 saturated carbocycles. The molecule has 7 heteroatoms. The lowest BCUT2D eigenvalue weighted by molar-refractivity contribution is 0.0522. The highest BCUT2D eigenvalue weighted by atomic mass is 32.2. The van der Waals surface area contributed by atoms with Crippen LogP contribution in [0.2, 0.25) is 0 Å². The number of carbonyl (C=O) groups excluding carboxylic acids is 1. The molecular weight excluding hydrogens is 382 g/mol. The van der Waals surface area contributed by atoms with Crippen molar-refractivity contribution >= 4 is 28.3 Å². The molecule has 27 heavy (non-hydrogen) atoms. The van der Waals surface area contributed by atoms with Gasteiger partial charge in [0.2, 0.25) is 0 Å². The van der Waals surface area contributed by atoms with Crippen LogP contribution in [-0.2, 0) is 21.3 Å². The Labute approximate surface area is 164 Å². The minimum absolute atomic E-state index is 0.192. The number of carbonyl (C=O) groups is 1. The molecule has 0 amide bonds. The van der Waals surface area contributed by atoms with Gasteiger partial charge in [-0.15, -0.1) is 0 Å². The molecule has 0 aliphatic carbocycles. The van der Waals surface area contributed by atoms with Crippen molar-refractivity contribution in [2.75, 3.05) is 13.7 Å². The van der Waals surface area contributed by atoms with Gasteiger partial charge in [-0.3, -0.25) is 4.21 Å². The molecule has 3 rings (SSSR count). The molecule has 0 spiro atoms. The lowest BCUT2D eigenvalue weighted by Gasteiger charge is -2.16. The summed E-state index contributed by atoms with van der Waals surface area (Å²) in [4.78, 5) is 14.3. The van der Waals surface area contributed by atoms with Gasteiger partial charge in [0.1, 0.15) is 11.3 Å². The molecule has 2 aromatic carbocycles. The van der Waals surface area contributed by atoms with E-state index < -0.39 is 16.8 Å². The lowest BCUT2D eigenvalue weighted by atomic mass is 10.0. The van der Waals surface area contributed by atoms with Crippen molar-refractivity contribution in [2.24, 2.45) is 0 Å². The molecule has 0 fully saturated rings. The second-order valence-corrected chi connectivity index (χ2v) is 7.86. The first-order valence-electron chi connectivity index (χ1n) is 8.37. The lowest BCUT2D eigenvalue weighted by Crippen LogP contribution is -2.12. The number of esters is 1. The molecule has 0 saturated heterocycles. The second-order valence-electron chi connectivity index (χ2n) is 5.58. The van der Waals surface area contributed by atoms with Crippen LogP contribution in [0.15, 0.2) is 59.6 Å². The van der Waals surface area contributed by atoms with Gasteiger partial charge in [-0.25, -0.2) is 9.17 Å². The van der Waals surface area contributed by atoms with E-state index >= 15 is 0 Å². The number of rotatable bonds is 7. The van der Waals surface area contributed by atoms with Crippen LogP contribution in [0.5, 0.6) is 5.75 Å². The third kappa shape index (κ3) is 4.26. The highest BCUT2D eigenvalue weighted by Gasteiger charge is 2.24. The third-order valence-electron chi connectivity index (χ3n) is 3.92. The van der Waals surface area contributed by atoms with Crippen LogP contribution in [-0.4, -0.2) is 28.3 Å². The molecule has 1 aromatic heterocycles. The highest BCUT2D eigenvalue weighted by molar-refractivity contribution is 7.84. The second kappa shape index (κ2) is 8.92. The van der Waals surface area contributed by atoms with Crippen molar-refractivity contribution < 1.29 is 18.5 Å². The zero-order valence-corrected chi connectivity index (χ0v) is 16.6. The number of hydrogen-bond acceptors (Lipinski definition) is 6. The molecule has 1 unspecified atom stereocenters. The first-order chi connectivity index (χ1) is 13.2. The van der Waals surface area contributed by atoms with Crippen LogP contribution in [0, 0.1) is 0 Å². The summed E-state index contributed by atoms with van der Waals surface area (Å²) in [5.41, 5.74) is 1.70. The molecule has 3 aromatic rings. The highest BCUT2D eigenvalue weighted by Crippen LogP contribution is 2.37. The van der Waals surface area contributed by atoms with E-state index in [1.165, 1.54) is 18.6 Å². The molecule has 0 aliphatic heterocycles. The summed E-state index contributed by atoms with van der Waals surface area (Å²) in [5.74, 6) is 0.123. The average molecular weight is 402 g/mol. The summed E-state index contributed by atoms with van der Waals surface area (Å²) in [7, 11) is 0.223. The maximum absolute atomic E-state index is 12.8. The van der Waals surface area contributed by atoms with Crippen LogP contribution in [0.1, 0.15) is 22.8 Å². The van der Waals surface area contributed by atoms with E-state index in [4.69, 9.17) is 9.47 Å². The average Bonchev–Trinajstić information content (AvgIpc) is 3.22. The quantitative estimate of drug-likeness (QED) is 0.552. The molecule has 0 bridgehead atoms. The summed E-state index contributed by atoms with van der Waals surface area (Å²) in [6.07, 6.45) is 1.70. The molecule has 0 aliphatic rings. The fourth-order valence-electron chi connectivity index (χ4n) is 2.73. The molecule has 140 valence electrons. The van der Waals surface area contributed by atoms with E-state index in [0.29, 0.717) is 21.8 Å². The van der Waals surface area contributed by atoms with Crippen molar-refractivity contribution in [1.29, 1.82) is 0 Å². The van der Waals surface area contributed by atoms with Gasteiger partial charge in [-0.05, 0) is 48.3 Å². The van der Waals surface area contributed by atoms with E-state index in [2.05, 4.69) is 4.37 Å². The van der Waals surface area contributed by atoms with Gasteiger partial charge in [0.25, 0.3) is 0 Å². The Kier molecular flexibility index (Phi) is 6.36. The molecule has 1 atom stereocenters. The molecule has 5 nitrogen and oxygen atoms in total. The van der Waals surface area contributed by atoms with Gasteiger partial charge >= 0.3 is 5.97 Å². The van der Waals surface area contributed by atoms with Crippen molar-refractivity contribution in [3.8, 4) is 16.2 Å². The molecule has 0 N–H and O–H groups in total. The van der Waals surface area contributed by atoms with Crippen LogP contribution >= 0.6 is 11.5 Å². The van der Waals surface area contributed by atoms with Crippen molar-refractivity contribution in [3.63, 3.8) is 0 Å². The molecule has 0 radical (unpaired) electrons. The van der Waals surface area contributed by atoms with Crippen molar-refractivity contribution in [2.45, 2.75) is 17.6 Å². The summed E-state index contributed by atoms with van der Waals surface area (Å²) in [5, 5.41) is 0. The predicted octanol–water partition coefficient (Wildman–Crippen LogP) is 4.30. The topological polar surface area (TPSA) is 65.5 Å². The summed E-state index contributed by atoms with van der Waals surface area (Å²) in [6.45, 7) is 1.99. The first-order valence-corrected chi connectivity index (χ1v) is 10.5. The van der Waals surface area contributed by atoms with Crippen LogP contribution in [0.25, 0.3) is 10.4 Å². The van der Waals surface area contributed by atoms with Crippen molar-refractivity contribution in [3.05, 3.63) is 65.9 Å². The van der Waals surface area contributed by atoms with Gasteiger partial charge in [-0.2, -0.15) is 0 Å². The van der Waals surface area contributed by atoms with E-state index in [9.17, 15) is 9.00 Å². The van der Waals surface area contributed by atoms with E-state index in [0.717, 1.165) is 10.4 Å². The Morgan fingerprint density at radius 2 is 1.93 bits per heavy atom. The zero-order valence-electron chi connectivity index (χ0n) is 15.0. The standard InChI is InChI=1S/C20H19NO4S2/c1-3-25-20(22)18-14(13-27(23)15-7-5-4-6-8-15)9-10-16(19(18)24-2)17-11-12-21-26-17/h4-12H,3,13H2,1-2H3. The van der Waals surface area contributed by atoms with Gasteiger partial charge in [0, 0.05) is 16.7 Å². The normalized spacial score (nSPS) is 11.8. The number of hydrogen-bond donors (Lipinski definition) is 0. The number of aromatic nitrogens is 1. The van der Waals surface area contributed by atoms with Gasteiger partial charge in [0.05, 0.1) is 35.1 Å². The number of ether oxygens (including phenoxy) is 2. The Balaban J connectivity index is 2.07. The summed E-state index contributed by atoms with van der Waals surface area (Å²) < 4.78 is 27.7. The maximum atomic E-state index is 12.8. The predicted molar refractivity (Wildman–Crippen MR) is 107 cm³/mol. The van der Waals surface area contributed by atoms with Crippen molar-refractivity contribution in [1.82, 2.24) is 4.37 Å². The van der Waals surface area contributed by atoms with E-state index in [-0.39, 0.29) is 12.4 Å². The maximum Gasteiger partial charge on any atom is 0.342 e. The smallest absolute Gasteiger partial charge is 0.342 e. The molecular formula is C20H19NO4S2. The summed E-state index contributed by atoms with van der Waals surface area (Å²) in [6, 6.07) is 14.7. The van der Waals surface area contributed by atoms with Crippen LogP contribution in [0.3, 0.4) is 0 Å². The van der Waals surface area contributed by atoms with Gasteiger partial charge < -0.3 is 9.47 Å². The Bertz CT molecular complexity index is 940. The number of benzene rings is 2. The number of methoxy groups -OCH3 is 1. The van der Waals surface area contributed by atoms with Gasteiger partial charge in [0.15, 0.2) is 0 Å².